The first-order valence-corrected chi connectivity index (χ1v) is 7.92. The van der Waals surface area contributed by atoms with E-state index in [2.05, 4.69) is 50.4 Å². The summed E-state index contributed by atoms with van der Waals surface area (Å²) >= 11 is 8.17. The molecular weight excluding hydrogens is 262 g/mol. The molecule has 1 rings (SSSR count). The first-order valence-electron chi connectivity index (χ1n) is 6.50. The summed E-state index contributed by atoms with van der Waals surface area (Å²) in [6.45, 7) is 8.59. The lowest BCUT2D eigenvalue weighted by Crippen LogP contribution is -2.28. The average molecular weight is 286 g/mol. The number of nitrogens with one attached hydrogen (secondary N) is 1. The van der Waals surface area contributed by atoms with E-state index in [0.29, 0.717) is 5.41 Å². The van der Waals surface area contributed by atoms with Crippen molar-refractivity contribution in [1.29, 1.82) is 0 Å². The Kier molecular flexibility index (Phi) is 7.13. The maximum absolute atomic E-state index is 6.29. The number of hydrogen-bond acceptors (Lipinski definition) is 2. The van der Waals surface area contributed by atoms with Crippen LogP contribution in [0.15, 0.2) is 35.2 Å². The largest absolute Gasteiger partial charge is 0.314 e. The first-order chi connectivity index (χ1) is 8.47. The molecule has 3 heteroatoms. The van der Waals surface area contributed by atoms with E-state index in [1.54, 1.807) is 0 Å². The molecule has 0 aliphatic carbocycles. The molecular formula is C15H24ClNS. The zero-order valence-corrected chi connectivity index (χ0v) is 13.2. The second kappa shape index (κ2) is 8.08. The molecule has 1 N–H and O–H groups in total. The van der Waals surface area contributed by atoms with E-state index in [0.717, 1.165) is 25.3 Å². The molecule has 0 saturated heterocycles. The van der Waals surface area contributed by atoms with Gasteiger partial charge >= 0.3 is 0 Å². The van der Waals surface area contributed by atoms with Crippen molar-refractivity contribution >= 4 is 23.4 Å². The van der Waals surface area contributed by atoms with Gasteiger partial charge in [0.05, 0.1) is 0 Å². The van der Waals surface area contributed by atoms with E-state index in [9.17, 15) is 0 Å². The molecule has 1 aromatic rings. The quantitative estimate of drug-likeness (QED) is 0.452. The number of hydrogen-bond donors (Lipinski definition) is 1. The highest BCUT2D eigenvalue weighted by Crippen LogP contribution is 2.23. The molecule has 0 heterocycles. The molecule has 0 fully saturated rings. The second-order valence-electron chi connectivity index (χ2n) is 5.73. The van der Waals surface area contributed by atoms with Crippen LogP contribution in [0.5, 0.6) is 0 Å². The highest BCUT2D eigenvalue weighted by molar-refractivity contribution is 7.99. The van der Waals surface area contributed by atoms with Crippen LogP contribution in [-0.4, -0.2) is 24.2 Å². The molecule has 0 saturated carbocycles. The minimum atomic E-state index is 0.228. The lowest BCUT2D eigenvalue weighted by atomic mass is 9.90. The van der Waals surface area contributed by atoms with Crippen LogP contribution < -0.4 is 5.32 Å². The van der Waals surface area contributed by atoms with E-state index in [-0.39, 0.29) is 5.38 Å². The number of alkyl halides is 1. The van der Waals surface area contributed by atoms with Gasteiger partial charge in [0.2, 0.25) is 0 Å². The standard InChI is InChI=1S/C15H24ClNS/c1-15(2,3)11-13(16)12-17-9-10-18-14-7-5-4-6-8-14/h4-8,13,17H,9-12H2,1-3H3. The summed E-state index contributed by atoms with van der Waals surface area (Å²) in [5.74, 6) is 1.09. The van der Waals surface area contributed by atoms with Gasteiger partial charge in [0, 0.05) is 29.1 Å². The third-order valence-corrected chi connectivity index (χ3v) is 3.81. The third kappa shape index (κ3) is 8.02. The Morgan fingerprint density at radius 1 is 1.22 bits per heavy atom. The van der Waals surface area contributed by atoms with Crippen molar-refractivity contribution in [3.8, 4) is 0 Å². The summed E-state index contributed by atoms with van der Waals surface area (Å²) in [5.41, 5.74) is 0.312. The molecule has 0 aliphatic heterocycles. The fourth-order valence-electron chi connectivity index (χ4n) is 1.75. The third-order valence-electron chi connectivity index (χ3n) is 2.49. The lowest BCUT2D eigenvalue weighted by Gasteiger charge is -2.22. The summed E-state index contributed by atoms with van der Waals surface area (Å²) in [4.78, 5) is 1.33. The zero-order chi connectivity index (χ0) is 13.4. The fraction of sp³-hybridized carbons (Fsp3) is 0.600. The zero-order valence-electron chi connectivity index (χ0n) is 11.6. The van der Waals surface area contributed by atoms with E-state index in [1.807, 2.05) is 17.8 Å². The molecule has 0 radical (unpaired) electrons. The van der Waals surface area contributed by atoms with Crippen LogP contribution >= 0.6 is 23.4 Å². The summed E-state index contributed by atoms with van der Waals surface area (Å²) in [6, 6.07) is 10.5. The maximum Gasteiger partial charge on any atom is 0.0465 e. The predicted molar refractivity (Wildman–Crippen MR) is 83.7 cm³/mol. The summed E-state index contributed by atoms with van der Waals surface area (Å²) in [7, 11) is 0. The van der Waals surface area contributed by atoms with E-state index >= 15 is 0 Å². The number of thioether (sulfide) groups is 1. The van der Waals surface area contributed by atoms with Crippen molar-refractivity contribution in [1.82, 2.24) is 5.32 Å². The van der Waals surface area contributed by atoms with Crippen LogP contribution in [0.1, 0.15) is 27.2 Å². The highest BCUT2D eigenvalue weighted by Gasteiger charge is 2.16. The van der Waals surface area contributed by atoms with E-state index in [1.165, 1.54) is 4.90 Å². The van der Waals surface area contributed by atoms with Gasteiger partial charge in [0.1, 0.15) is 0 Å². The molecule has 1 atom stereocenters. The van der Waals surface area contributed by atoms with Gasteiger partial charge in [0.25, 0.3) is 0 Å². The van der Waals surface area contributed by atoms with Crippen molar-refractivity contribution in [3.63, 3.8) is 0 Å². The van der Waals surface area contributed by atoms with Gasteiger partial charge in [-0.1, -0.05) is 39.0 Å². The van der Waals surface area contributed by atoms with Crippen LogP contribution in [0.25, 0.3) is 0 Å². The van der Waals surface area contributed by atoms with Gasteiger partial charge in [0.15, 0.2) is 0 Å². The number of halogens is 1. The average Bonchev–Trinajstić information content (AvgIpc) is 2.27. The van der Waals surface area contributed by atoms with Crippen LogP contribution in [0, 0.1) is 5.41 Å². The smallest absolute Gasteiger partial charge is 0.0465 e. The lowest BCUT2D eigenvalue weighted by molar-refractivity contribution is 0.365. The Bertz CT molecular complexity index is 321. The van der Waals surface area contributed by atoms with Gasteiger partial charge in [-0.3, -0.25) is 0 Å². The molecule has 0 amide bonds. The Labute approximate surface area is 121 Å². The van der Waals surface area contributed by atoms with Crippen LogP contribution in [0.4, 0.5) is 0 Å². The monoisotopic (exact) mass is 285 g/mol. The van der Waals surface area contributed by atoms with E-state index in [4.69, 9.17) is 11.6 Å². The normalized spacial score (nSPS) is 13.6. The Morgan fingerprint density at radius 3 is 2.50 bits per heavy atom. The molecule has 0 aliphatic rings. The Hall–Kier alpha value is -0.180. The number of benzene rings is 1. The summed E-state index contributed by atoms with van der Waals surface area (Å²) in [6.07, 6.45) is 1.05. The van der Waals surface area contributed by atoms with Crippen molar-refractivity contribution in [2.45, 2.75) is 37.5 Å². The molecule has 0 aromatic heterocycles. The molecule has 102 valence electrons. The fourth-order valence-corrected chi connectivity index (χ4v) is 3.16. The molecule has 18 heavy (non-hydrogen) atoms. The molecule has 1 aromatic carbocycles. The second-order valence-corrected chi connectivity index (χ2v) is 7.51. The van der Waals surface area contributed by atoms with Crippen molar-refractivity contribution in [2.75, 3.05) is 18.8 Å². The van der Waals surface area contributed by atoms with Gasteiger partial charge in [-0.15, -0.1) is 23.4 Å². The number of rotatable bonds is 7. The minimum Gasteiger partial charge on any atom is -0.314 e. The molecule has 1 nitrogen and oxygen atoms in total. The topological polar surface area (TPSA) is 12.0 Å². The van der Waals surface area contributed by atoms with E-state index < -0.39 is 0 Å². The van der Waals surface area contributed by atoms with Crippen LogP contribution in [0.2, 0.25) is 0 Å². The van der Waals surface area contributed by atoms with Crippen molar-refractivity contribution in [2.24, 2.45) is 5.41 Å². The molecule has 0 spiro atoms. The predicted octanol–water partition coefficient (Wildman–Crippen LogP) is 4.41. The Morgan fingerprint density at radius 2 is 1.89 bits per heavy atom. The SMILES string of the molecule is CC(C)(C)CC(Cl)CNCCSc1ccccc1. The Balaban J connectivity index is 2.05. The van der Waals surface area contributed by atoms with Gasteiger partial charge in [-0.05, 0) is 24.0 Å². The summed E-state index contributed by atoms with van der Waals surface area (Å²) < 4.78 is 0. The summed E-state index contributed by atoms with van der Waals surface area (Å²) in [5, 5.41) is 3.65. The van der Waals surface area contributed by atoms with Crippen LogP contribution in [0.3, 0.4) is 0 Å². The van der Waals surface area contributed by atoms with Crippen molar-refractivity contribution < 1.29 is 0 Å². The molecule has 1 unspecified atom stereocenters. The molecule has 0 bridgehead atoms. The highest BCUT2D eigenvalue weighted by atomic mass is 35.5. The minimum absolute atomic E-state index is 0.228. The van der Waals surface area contributed by atoms with Gasteiger partial charge in [-0.25, -0.2) is 0 Å². The first kappa shape index (κ1) is 15.9. The van der Waals surface area contributed by atoms with Crippen molar-refractivity contribution in [3.05, 3.63) is 30.3 Å². The van der Waals surface area contributed by atoms with Gasteiger partial charge in [-0.2, -0.15) is 0 Å². The van der Waals surface area contributed by atoms with Crippen LogP contribution in [-0.2, 0) is 0 Å². The van der Waals surface area contributed by atoms with Gasteiger partial charge < -0.3 is 5.32 Å². The maximum atomic E-state index is 6.29.